The van der Waals surface area contributed by atoms with Crippen molar-refractivity contribution in [2.45, 2.75) is 58.5 Å². The van der Waals surface area contributed by atoms with Crippen LogP contribution in [0.2, 0.25) is 0 Å². The number of nitrogens with zero attached hydrogens (tertiary/aromatic N) is 1. The van der Waals surface area contributed by atoms with Crippen LogP contribution in [0.4, 0.5) is 4.79 Å². The van der Waals surface area contributed by atoms with Gasteiger partial charge in [-0.3, -0.25) is 0 Å². The van der Waals surface area contributed by atoms with E-state index in [4.69, 9.17) is 9.47 Å². The third kappa shape index (κ3) is 3.68. The predicted octanol–water partition coefficient (Wildman–Crippen LogP) is 3.72. The van der Waals surface area contributed by atoms with E-state index in [9.17, 15) is 4.79 Å². The molecule has 1 saturated heterocycles. The Morgan fingerprint density at radius 2 is 1.90 bits per heavy atom. The molecule has 0 bridgehead atoms. The first-order valence-corrected chi connectivity index (χ1v) is 7.52. The van der Waals surface area contributed by atoms with Crippen molar-refractivity contribution in [3.05, 3.63) is 11.8 Å². The molecule has 0 unspecified atom stereocenters. The fourth-order valence-corrected chi connectivity index (χ4v) is 3.27. The van der Waals surface area contributed by atoms with Crippen LogP contribution >= 0.6 is 0 Å². The number of allylic oxidation sites excluding steroid dienone is 1. The Kier molecular flexibility index (Phi) is 4.31. The molecule has 0 aromatic rings. The van der Waals surface area contributed by atoms with Crippen molar-refractivity contribution in [2.24, 2.45) is 5.41 Å². The number of hydrogen-bond acceptors (Lipinski definition) is 3. The average molecular weight is 281 g/mol. The van der Waals surface area contributed by atoms with Crippen LogP contribution in [-0.2, 0) is 9.47 Å². The smallest absolute Gasteiger partial charge is 0.410 e. The summed E-state index contributed by atoms with van der Waals surface area (Å²) in [6, 6.07) is 0. The molecule has 0 N–H and O–H groups in total. The highest BCUT2D eigenvalue weighted by Gasteiger charge is 2.40. The highest BCUT2D eigenvalue weighted by atomic mass is 16.6. The summed E-state index contributed by atoms with van der Waals surface area (Å²) in [7, 11) is 1.71. The second-order valence-corrected chi connectivity index (χ2v) is 7.16. The van der Waals surface area contributed by atoms with Crippen LogP contribution in [0.3, 0.4) is 0 Å². The number of carbonyl (C=O) groups is 1. The van der Waals surface area contributed by atoms with Gasteiger partial charge in [-0.1, -0.05) is 0 Å². The first kappa shape index (κ1) is 15.2. The lowest BCUT2D eigenvalue weighted by atomic mass is 9.77. The van der Waals surface area contributed by atoms with Gasteiger partial charge in [0.25, 0.3) is 0 Å². The molecule has 1 aliphatic carbocycles. The van der Waals surface area contributed by atoms with Gasteiger partial charge in [0, 0.05) is 13.1 Å². The zero-order chi connectivity index (χ0) is 14.8. The van der Waals surface area contributed by atoms with Crippen LogP contribution in [0, 0.1) is 5.41 Å². The van der Waals surface area contributed by atoms with Gasteiger partial charge in [0.1, 0.15) is 5.60 Å². The SMILES string of the molecule is COC=C1CCC2(CCN(C(=O)OC(C)(C)C)CC2)C1. The summed E-state index contributed by atoms with van der Waals surface area (Å²) in [5.41, 5.74) is 1.40. The van der Waals surface area contributed by atoms with E-state index in [1.807, 2.05) is 31.9 Å². The largest absolute Gasteiger partial charge is 0.504 e. The maximum absolute atomic E-state index is 12.1. The third-order valence-electron chi connectivity index (χ3n) is 4.34. The molecule has 114 valence electrons. The van der Waals surface area contributed by atoms with Crippen molar-refractivity contribution < 1.29 is 14.3 Å². The van der Waals surface area contributed by atoms with Crippen molar-refractivity contribution >= 4 is 6.09 Å². The molecule has 0 aromatic carbocycles. The fourth-order valence-electron chi connectivity index (χ4n) is 3.27. The van der Waals surface area contributed by atoms with E-state index in [1.54, 1.807) is 7.11 Å². The first-order chi connectivity index (χ1) is 9.34. The molecule has 0 aromatic heterocycles. The maximum Gasteiger partial charge on any atom is 0.410 e. The fraction of sp³-hybridized carbons (Fsp3) is 0.812. The Balaban J connectivity index is 1.87. The highest BCUT2D eigenvalue weighted by molar-refractivity contribution is 5.68. The monoisotopic (exact) mass is 281 g/mol. The van der Waals surface area contributed by atoms with Gasteiger partial charge >= 0.3 is 6.09 Å². The zero-order valence-electron chi connectivity index (χ0n) is 13.2. The normalized spacial score (nSPS) is 24.2. The minimum Gasteiger partial charge on any atom is -0.504 e. The molecular weight excluding hydrogens is 254 g/mol. The Hall–Kier alpha value is -1.19. The number of methoxy groups -OCH3 is 1. The van der Waals surface area contributed by atoms with E-state index in [2.05, 4.69) is 0 Å². The summed E-state index contributed by atoms with van der Waals surface area (Å²) in [6.45, 7) is 7.36. The van der Waals surface area contributed by atoms with Crippen molar-refractivity contribution in [3.8, 4) is 0 Å². The number of piperidine rings is 1. The molecule has 1 spiro atoms. The van der Waals surface area contributed by atoms with Gasteiger partial charge in [0.15, 0.2) is 0 Å². The van der Waals surface area contributed by atoms with Crippen LogP contribution in [-0.4, -0.2) is 36.8 Å². The average Bonchev–Trinajstić information content (AvgIpc) is 2.71. The van der Waals surface area contributed by atoms with Crippen molar-refractivity contribution in [1.29, 1.82) is 0 Å². The molecular formula is C16H27NO3. The van der Waals surface area contributed by atoms with Gasteiger partial charge in [-0.05, 0) is 63.9 Å². The summed E-state index contributed by atoms with van der Waals surface area (Å²) >= 11 is 0. The van der Waals surface area contributed by atoms with E-state index in [0.717, 1.165) is 38.8 Å². The second-order valence-electron chi connectivity index (χ2n) is 7.16. The lowest BCUT2D eigenvalue weighted by Crippen LogP contribution is -2.44. The quantitative estimate of drug-likeness (QED) is 0.688. The van der Waals surface area contributed by atoms with Crippen LogP contribution in [0.25, 0.3) is 0 Å². The summed E-state index contributed by atoms with van der Waals surface area (Å²) < 4.78 is 10.6. The van der Waals surface area contributed by atoms with Gasteiger partial charge in [-0.25, -0.2) is 4.79 Å². The molecule has 1 saturated carbocycles. The summed E-state index contributed by atoms with van der Waals surface area (Å²) in [4.78, 5) is 13.9. The van der Waals surface area contributed by atoms with Crippen molar-refractivity contribution in [1.82, 2.24) is 4.90 Å². The summed E-state index contributed by atoms with van der Waals surface area (Å²) in [5.74, 6) is 0. The Morgan fingerprint density at radius 3 is 2.45 bits per heavy atom. The molecule has 0 atom stereocenters. The predicted molar refractivity (Wildman–Crippen MR) is 78.4 cm³/mol. The summed E-state index contributed by atoms with van der Waals surface area (Å²) in [6.07, 6.45) is 7.38. The number of carbonyl (C=O) groups excluding carboxylic acids is 1. The maximum atomic E-state index is 12.1. The van der Waals surface area contributed by atoms with Crippen molar-refractivity contribution in [3.63, 3.8) is 0 Å². The molecule has 0 radical (unpaired) electrons. The van der Waals surface area contributed by atoms with Gasteiger partial charge < -0.3 is 14.4 Å². The second kappa shape index (κ2) is 5.66. The van der Waals surface area contributed by atoms with Gasteiger partial charge in [-0.2, -0.15) is 0 Å². The summed E-state index contributed by atoms with van der Waals surface area (Å²) in [5, 5.41) is 0. The molecule has 20 heavy (non-hydrogen) atoms. The van der Waals surface area contributed by atoms with E-state index in [-0.39, 0.29) is 6.09 Å². The van der Waals surface area contributed by atoms with Gasteiger partial charge in [0.2, 0.25) is 0 Å². The Labute approximate surface area is 122 Å². The van der Waals surface area contributed by atoms with Gasteiger partial charge in [-0.15, -0.1) is 0 Å². The molecule has 4 nitrogen and oxygen atoms in total. The zero-order valence-corrected chi connectivity index (χ0v) is 13.2. The number of rotatable bonds is 1. The molecule has 4 heteroatoms. The van der Waals surface area contributed by atoms with Crippen LogP contribution in [0.15, 0.2) is 11.8 Å². The molecule has 2 rings (SSSR count). The number of likely N-dealkylation sites (tertiary alicyclic amines) is 1. The number of hydrogen-bond donors (Lipinski definition) is 0. The third-order valence-corrected chi connectivity index (χ3v) is 4.34. The number of ether oxygens (including phenoxy) is 2. The molecule has 2 aliphatic rings. The van der Waals surface area contributed by atoms with Gasteiger partial charge in [0.05, 0.1) is 13.4 Å². The highest BCUT2D eigenvalue weighted by Crippen LogP contribution is 2.48. The van der Waals surface area contributed by atoms with E-state index in [0.29, 0.717) is 5.41 Å². The Morgan fingerprint density at radius 1 is 1.25 bits per heavy atom. The number of amides is 1. The van der Waals surface area contributed by atoms with E-state index in [1.165, 1.54) is 12.0 Å². The molecule has 1 amide bonds. The van der Waals surface area contributed by atoms with E-state index >= 15 is 0 Å². The first-order valence-electron chi connectivity index (χ1n) is 7.52. The van der Waals surface area contributed by atoms with Crippen LogP contribution < -0.4 is 0 Å². The Bertz CT molecular complexity index is 387. The molecule has 2 fully saturated rings. The topological polar surface area (TPSA) is 38.8 Å². The van der Waals surface area contributed by atoms with Crippen LogP contribution in [0.1, 0.15) is 52.9 Å². The lowest BCUT2D eigenvalue weighted by Gasteiger charge is -2.39. The minimum atomic E-state index is -0.409. The van der Waals surface area contributed by atoms with E-state index < -0.39 is 5.60 Å². The lowest BCUT2D eigenvalue weighted by molar-refractivity contribution is 0.0110. The van der Waals surface area contributed by atoms with Crippen LogP contribution in [0.5, 0.6) is 0 Å². The van der Waals surface area contributed by atoms with Crippen molar-refractivity contribution in [2.75, 3.05) is 20.2 Å². The molecule has 1 aliphatic heterocycles. The minimum absolute atomic E-state index is 0.169. The standard InChI is InChI=1S/C16H27NO3/c1-15(2,3)20-14(18)17-9-7-16(8-10-17)6-5-13(11-16)12-19-4/h12H,5-11H2,1-4H3. The molecule has 1 heterocycles.